The minimum Gasteiger partial charge on any atom is -0.371 e. The molecule has 3 N–H and O–H groups in total. The van der Waals surface area contributed by atoms with E-state index in [0.29, 0.717) is 31.3 Å². The maximum atomic E-state index is 13.3. The number of hydrogen-bond acceptors (Lipinski definition) is 6. The van der Waals surface area contributed by atoms with E-state index in [2.05, 4.69) is 37.2 Å². The van der Waals surface area contributed by atoms with Crippen molar-refractivity contribution >= 4 is 28.3 Å². The van der Waals surface area contributed by atoms with E-state index in [1.807, 2.05) is 0 Å². The highest BCUT2D eigenvalue weighted by Crippen LogP contribution is 2.33. The average Bonchev–Trinajstić information content (AvgIpc) is 3.54. The van der Waals surface area contributed by atoms with Crippen molar-refractivity contribution in [2.75, 3.05) is 49.5 Å². The zero-order valence-electron chi connectivity index (χ0n) is 21.9. The number of carbonyl (C=O) groups excluding carboxylic acids is 1. The van der Waals surface area contributed by atoms with Gasteiger partial charge in [0.15, 0.2) is 5.82 Å². The van der Waals surface area contributed by atoms with Gasteiger partial charge in [-0.05, 0) is 55.3 Å². The number of rotatable bonds is 9. The normalized spacial score (nSPS) is 20.6. The van der Waals surface area contributed by atoms with Crippen LogP contribution in [-0.4, -0.2) is 78.5 Å². The van der Waals surface area contributed by atoms with Crippen LogP contribution in [-0.2, 0) is 15.7 Å². The number of amides is 1. The first kappa shape index (κ1) is 27.9. The van der Waals surface area contributed by atoms with Gasteiger partial charge in [0.05, 0.1) is 36.4 Å². The van der Waals surface area contributed by atoms with Crippen LogP contribution in [0.15, 0.2) is 55.1 Å². The minimum absolute atomic E-state index is 0.156. The zero-order valence-corrected chi connectivity index (χ0v) is 21.9. The molecule has 2 aromatic carbocycles. The fraction of sp³-hybridized carbons (Fsp3) is 0.429. The first-order valence-electron chi connectivity index (χ1n) is 13.3. The van der Waals surface area contributed by atoms with Gasteiger partial charge >= 0.3 is 6.18 Å². The Morgan fingerprint density at radius 3 is 2.60 bits per heavy atom. The second-order valence-electron chi connectivity index (χ2n) is 10.2. The van der Waals surface area contributed by atoms with Crippen LogP contribution in [0.4, 0.5) is 29.1 Å². The summed E-state index contributed by atoms with van der Waals surface area (Å²) in [5.41, 5.74) is 0.654. The van der Waals surface area contributed by atoms with Crippen molar-refractivity contribution < 1.29 is 27.1 Å². The van der Waals surface area contributed by atoms with Crippen LogP contribution in [0.2, 0.25) is 0 Å². The van der Waals surface area contributed by atoms with Crippen molar-refractivity contribution in [2.45, 2.75) is 37.2 Å². The summed E-state index contributed by atoms with van der Waals surface area (Å²) < 4.78 is 58.7. The Hall–Kier alpha value is -3.64. The number of ether oxygens (including phenoxy) is 1. The predicted octanol–water partition coefficient (Wildman–Crippen LogP) is 4.17. The van der Waals surface area contributed by atoms with E-state index in [4.69, 9.17) is 4.74 Å². The molecular formula is C28H32F4N6O2. The second-order valence-corrected chi connectivity index (χ2v) is 10.2. The van der Waals surface area contributed by atoms with E-state index in [-0.39, 0.29) is 41.6 Å². The second kappa shape index (κ2) is 11.8. The van der Waals surface area contributed by atoms with E-state index in [1.54, 1.807) is 18.2 Å². The van der Waals surface area contributed by atoms with E-state index in [9.17, 15) is 22.4 Å². The number of hydrogen-bond donors (Lipinski definition) is 3. The van der Waals surface area contributed by atoms with Crippen LogP contribution in [0.3, 0.4) is 0 Å². The number of nitrogens with zero attached hydrogens (tertiary/aromatic N) is 3. The summed E-state index contributed by atoms with van der Waals surface area (Å²) in [6.45, 7) is 6.89. The standard InChI is InChI=1S/C28H32F4N6O2/c1-2-13-40-25-17-38(21-9-11-37(12-10-21)20-6-4-19(29)5-7-20)16-24(25)34-26(39)15-33-27-22-14-18(28(30,31)32)3-8-23(22)35-36-27/h2-8,14,21,24-25H,1,9-13,15-17H2,(H,34,39)(H2,33,35,36)/t24?,25-/m0/s1. The summed E-state index contributed by atoms with van der Waals surface area (Å²) in [6, 6.07) is 9.92. The molecule has 2 atom stereocenters. The topological polar surface area (TPSA) is 85.5 Å². The number of fused-ring (bicyclic) bond motifs is 1. The molecule has 3 aromatic rings. The third-order valence-electron chi connectivity index (χ3n) is 7.55. The van der Waals surface area contributed by atoms with Gasteiger partial charge < -0.3 is 20.3 Å². The van der Waals surface area contributed by atoms with Crippen LogP contribution in [0, 0.1) is 5.82 Å². The van der Waals surface area contributed by atoms with Gasteiger partial charge in [-0.1, -0.05) is 6.08 Å². The van der Waals surface area contributed by atoms with Crippen molar-refractivity contribution in [3.05, 3.63) is 66.5 Å². The molecule has 0 aliphatic carbocycles. The number of alkyl halides is 3. The highest BCUT2D eigenvalue weighted by molar-refractivity contribution is 5.92. The molecule has 1 amide bonds. The Bertz CT molecular complexity index is 1320. The van der Waals surface area contributed by atoms with Crippen LogP contribution in [0.25, 0.3) is 10.9 Å². The number of benzene rings is 2. The third-order valence-corrected chi connectivity index (χ3v) is 7.55. The lowest BCUT2D eigenvalue weighted by Crippen LogP contribution is -2.47. The van der Waals surface area contributed by atoms with E-state index >= 15 is 0 Å². The van der Waals surface area contributed by atoms with E-state index in [1.165, 1.54) is 18.2 Å². The van der Waals surface area contributed by atoms with Gasteiger partial charge in [0.25, 0.3) is 0 Å². The fourth-order valence-corrected chi connectivity index (χ4v) is 5.49. The van der Waals surface area contributed by atoms with Gasteiger partial charge in [0, 0.05) is 43.3 Å². The predicted molar refractivity (Wildman–Crippen MR) is 145 cm³/mol. The number of nitrogens with one attached hydrogen (secondary N) is 3. The lowest BCUT2D eigenvalue weighted by atomic mass is 10.0. The maximum absolute atomic E-state index is 13.3. The number of halogens is 4. The number of likely N-dealkylation sites (tertiary alicyclic amines) is 1. The molecule has 2 saturated heterocycles. The third kappa shape index (κ3) is 6.39. The number of anilines is 2. The Morgan fingerprint density at radius 2 is 1.90 bits per heavy atom. The molecule has 12 heteroatoms. The van der Waals surface area contributed by atoms with Crippen LogP contribution in [0.5, 0.6) is 0 Å². The molecule has 2 aliphatic rings. The van der Waals surface area contributed by atoms with Gasteiger partial charge in [-0.2, -0.15) is 18.3 Å². The molecule has 8 nitrogen and oxygen atoms in total. The van der Waals surface area contributed by atoms with Gasteiger partial charge in [-0.3, -0.25) is 14.8 Å². The number of aromatic amines is 1. The smallest absolute Gasteiger partial charge is 0.371 e. The fourth-order valence-electron chi connectivity index (χ4n) is 5.49. The van der Waals surface area contributed by atoms with Crippen LogP contribution >= 0.6 is 0 Å². The molecule has 214 valence electrons. The average molecular weight is 561 g/mol. The number of H-pyrrole nitrogens is 1. The van der Waals surface area contributed by atoms with Gasteiger partial charge in [-0.25, -0.2) is 4.39 Å². The molecular weight excluding hydrogens is 528 g/mol. The molecule has 1 unspecified atom stereocenters. The molecule has 3 heterocycles. The molecule has 0 spiro atoms. The van der Waals surface area contributed by atoms with E-state index in [0.717, 1.165) is 43.8 Å². The minimum atomic E-state index is -4.48. The molecule has 1 aromatic heterocycles. The number of carbonyl (C=O) groups is 1. The highest BCUT2D eigenvalue weighted by atomic mass is 19.4. The largest absolute Gasteiger partial charge is 0.416 e. The molecule has 0 saturated carbocycles. The Labute approximate surface area is 229 Å². The van der Waals surface area contributed by atoms with E-state index < -0.39 is 11.7 Å². The number of piperidine rings is 1. The molecule has 0 bridgehead atoms. The Kier molecular flexibility index (Phi) is 8.27. The lowest BCUT2D eigenvalue weighted by Gasteiger charge is -2.38. The number of aromatic nitrogens is 2. The summed E-state index contributed by atoms with van der Waals surface area (Å²) >= 11 is 0. The summed E-state index contributed by atoms with van der Waals surface area (Å²) in [5.74, 6) is -0.386. The first-order valence-corrected chi connectivity index (χ1v) is 13.3. The first-order chi connectivity index (χ1) is 19.2. The molecule has 5 rings (SSSR count). The monoisotopic (exact) mass is 560 g/mol. The van der Waals surface area contributed by atoms with Crippen molar-refractivity contribution in [1.29, 1.82) is 0 Å². The highest BCUT2D eigenvalue weighted by Gasteiger charge is 2.38. The van der Waals surface area contributed by atoms with Crippen molar-refractivity contribution in [2.24, 2.45) is 0 Å². The molecule has 2 fully saturated rings. The van der Waals surface area contributed by atoms with Crippen molar-refractivity contribution in [3.63, 3.8) is 0 Å². The summed E-state index contributed by atoms with van der Waals surface area (Å²) in [4.78, 5) is 17.5. The molecule has 2 aliphatic heterocycles. The van der Waals surface area contributed by atoms with Gasteiger partial charge in [0.2, 0.25) is 5.91 Å². The van der Waals surface area contributed by atoms with Crippen LogP contribution < -0.4 is 15.5 Å². The lowest BCUT2D eigenvalue weighted by molar-refractivity contribution is -0.137. The van der Waals surface area contributed by atoms with Crippen molar-refractivity contribution in [1.82, 2.24) is 20.4 Å². The Balaban J connectivity index is 1.17. The van der Waals surface area contributed by atoms with Gasteiger partial charge in [-0.15, -0.1) is 6.58 Å². The molecule has 0 radical (unpaired) electrons. The molecule has 40 heavy (non-hydrogen) atoms. The van der Waals surface area contributed by atoms with Crippen LogP contribution in [0.1, 0.15) is 18.4 Å². The zero-order chi connectivity index (χ0) is 28.3. The Morgan fingerprint density at radius 1 is 1.15 bits per heavy atom. The van der Waals surface area contributed by atoms with Crippen molar-refractivity contribution in [3.8, 4) is 0 Å². The van der Waals surface area contributed by atoms with Gasteiger partial charge in [0.1, 0.15) is 5.82 Å². The summed E-state index contributed by atoms with van der Waals surface area (Å²) in [7, 11) is 0. The quantitative estimate of drug-likeness (QED) is 0.269. The summed E-state index contributed by atoms with van der Waals surface area (Å²) in [6.07, 6.45) is -1.17. The SMILES string of the molecule is C=CCO[C@H]1CN(C2CCN(c3ccc(F)cc3)CC2)CC1NC(=O)CNc1n[nH]c2ccc(C(F)(F)F)cc12. The maximum Gasteiger partial charge on any atom is 0.416 e. The summed E-state index contributed by atoms with van der Waals surface area (Å²) in [5, 5.41) is 12.9.